The van der Waals surface area contributed by atoms with E-state index in [0.29, 0.717) is 6.04 Å². The van der Waals surface area contributed by atoms with Crippen LogP contribution < -0.4 is 10.2 Å². The molecule has 1 aliphatic rings. The highest BCUT2D eigenvalue weighted by molar-refractivity contribution is 5.48. The molecule has 3 nitrogen and oxygen atoms in total. The minimum absolute atomic E-state index is 0.184. The Morgan fingerprint density at radius 1 is 1.53 bits per heavy atom. The van der Waals surface area contributed by atoms with Crippen LogP contribution in [0.2, 0.25) is 0 Å². The van der Waals surface area contributed by atoms with Crippen LogP contribution in [0.15, 0.2) is 24.3 Å². The van der Waals surface area contributed by atoms with Crippen LogP contribution in [0.1, 0.15) is 13.3 Å². The zero-order chi connectivity index (χ0) is 12.3. The van der Waals surface area contributed by atoms with Crippen molar-refractivity contribution in [3.05, 3.63) is 30.1 Å². The van der Waals surface area contributed by atoms with Gasteiger partial charge in [-0.25, -0.2) is 4.39 Å². The van der Waals surface area contributed by atoms with E-state index in [1.807, 2.05) is 6.07 Å². The Bertz CT molecular complexity index is 372. The fraction of sp³-hybridized carbons (Fsp3) is 0.538. The largest absolute Gasteiger partial charge is 0.396 e. The van der Waals surface area contributed by atoms with Crippen LogP contribution >= 0.6 is 0 Å². The van der Waals surface area contributed by atoms with Crippen molar-refractivity contribution in [2.75, 3.05) is 24.6 Å². The third-order valence-electron chi connectivity index (χ3n) is 3.27. The summed E-state index contributed by atoms with van der Waals surface area (Å²) in [5, 5.41) is 12.4. The van der Waals surface area contributed by atoms with Crippen LogP contribution in [0.4, 0.5) is 10.1 Å². The van der Waals surface area contributed by atoms with E-state index in [9.17, 15) is 4.39 Å². The molecule has 0 aromatic heterocycles. The Morgan fingerprint density at radius 2 is 2.35 bits per heavy atom. The summed E-state index contributed by atoms with van der Waals surface area (Å²) in [6, 6.07) is 7.31. The standard InChI is InChI=1S/C13H19FN2O/c1-10-8-15-12(5-6-17)9-16(10)13-4-2-3-11(14)7-13/h2-4,7,10,12,15,17H,5-6,8-9H2,1H3. The van der Waals surface area contributed by atoms with Gasteiger partial charge in [0.05, 0.1) is 0 Å². The van der Waals surface area contributed by atoms with Gasteiger partial charge in [-0.1, -0.05) is 6.07 Å². The predicted octanol–water partition coefficient (Wildman–Crippen LogP) is 1.37. The van der Waals surface area contributed by atoms with Gasteiger partial charge in [-0.15, -0.1) is 0 Å². The first kappa shape index (κ1) is 12.3. The molecule has 1 fully saturated rings. The Kier molecular flexibility index (Phi) is 3.97. The molecular weight excluding hydrogens is 219 g/mol. The second-order valence-electron chi connectivity index (χ2n) is 4.60. The van der Waals surface area contributed by atoms with Gasteiger partial charge in [0.1, 0.15) is 5.82 Å². The van der Waals surface area contributed by atoms with Crippen LogP contribution in [-0.2, 0) is 0 Å². The lowest BCUT2D eigenvalue weighted by atomic mass is 10.1. The first-order valence-corrected chi connectivity index (χ1v) is 6.07. The van der Waals surface area contributed by atoms with Gasteiger partial charge in [-0.05, 0) is 31.5 Å². The molecule has 94 valence electrons. The zero-order valence-electron chi connectivity index (χ0n) is 10.1. The first-order chi connectivity index (χ1) is 8.20. The number of aliphatic hydroxyl groups is 1. The molecule has 2 rings (SSSR count). The molecule has 2 atom stereocenters. The summed E-state index contributed by atoms with van der Waals surface area (Å²) in [4.78, 5) is 2.19. The SMILES string of the molecule is CC1CNC(CCO)CN1c1cccc(F)c1. The summed E-state index contributed by atoms with van der Waals surface area (Å²) in [6.07, 6.45) is 0.735. The van der Waals surface area contributed by atoms with Gasteiger partial charge in [0.15, 0.2) is 0 Å². The number of benzene rings is 1. The third-order valence-corrected chi connectivity index (χ3v) is 3.27. The summed E-state index contributed by atoms with van der Waals surface area (Å²) in [5.41, 5.74) is 0.918. The molecular formula is C13H19FN2O. The molecule has 1 aromatic carbocycles. The molecule has 0 amide bonds. The molecule has 0 saturated carbocycles. The highest BCUT2D eigenvalue weighted by Gasteiger charge is 2.24. The summed E-state index contributed by atoms with van der Waals surface area (Å²) in [5.74, 6) is -0.202. The van der Waals surface area contributed by atoms with Crippen LogP contribution in [0, 0.1) is 5.82 Å². The lowest BCUT2D eigenvalue weighted by molar-refractivity contribution is 0.254. The number of halogens is 1. The predicted molar refractivity (Wildman–Crippen MR) is 66.7 cm³/mol. The van der Waals surface area contributed by atoms with Gasteiger partial charge in [0.25, 0.3) is 0 Å². The van der Waals surface area contributed by atoms with Crippen molar-refractivity contribution < 1.29 is 9.50 Å². The Hall–Kier alpha value is -1.13. The smallest absolute Gasteiger partial charge is 0.125 e. The van der Waals surface area contributed by atoms with Crippen molar-refractivity contribution in [3.63, 3.8) is 0 Å². The molecule has 0 bridgehead atoms. The van der Waals surface area contributed by atoms with E-state index in [4.69, 9.17) is 5.11 Å². The molecule has 17 heavy (non-hydrogen) atoms. The highest BCUT2D eigenvalue weighted by Crippen LogP contribution is 2.21. The zero-order valence-corrected chi connectivity index (χ0v) is 10.1. The van der Waals surface area contributed by atoms with Crippen molar-refractivity contribution in [3.8, 4) is 0 Å². The number of nitrogens with one attached hydrogen (secondary N) is 1. The molecule has 2 unspecified atom stereocenters. The highest BCUT2D eigenvalue weighted by atomic mass is 19.1. The third kappa shape index (κ3) is 2.96. The van der Waals surface area contributed by atoms with Gasteiger partial charge >= 0.3 is 0 Å². The van der Waals surface area contributed by atoms with Crippen molar-refractivity contribution in [2.45, 2.75) is 25.4 Å². The van der Waals surface area contributed by atoms with E-state index in [2.05, 4.69) is 17.1 Å². The summed E-state index contributed by atoms with van der Waals surface area (Å²) in [6.45, 7) is 3.97. The molecule has 1 aliphatic heterocycles. The topological polar surface area (TPSA) is 35.5 Å². The maximum atomic E-state index is 13.2. The summed E-state index contributed by atoms with van der Waals surface area (Å²) < 4.78 is 13.2. The number of hydrogen-bond acceptors (Lipinski definition) is 3. The molecule has 1 saturated heterocycles. The normalized spacial score (nSPS) is 25.0. The molecule has 0 aliphatic carbocycles. The number of piperazine rings is 1. The Labute approximate surface area is 101 Å². The second-order valence-corrected chi connectivity index (χ2v) is 4.60. The fourth-order valence-corrected chi connectivity index (χ4v) is 2.29. The van der Waals surface area contributed by atoms with Crippen LogP contribution in [-0.4, -0.2) is 36.9 Å². The molecule has 1 aromatic rings. The Balaban J connectivity index is 2.12. The van der Waals surface area contributed by atoms with Gasteiger partial charge < -0.3 is 15.3 Å². The Morgan fingerprint density at radius 3 is 3.06 bits per heavy atom. The van der Waals surface area contributed by atoms with Crippen LogP contribution in [0.3, 0.4) is 0 Å². The maximum Gasteiger partial charge on any atom is 0.125 e. The lowest BCUT2D eigenvalue weighted by Crippen LogP contribution is -2.55. The average Bonchev–Trinajstić information content (AvgIpc) is 2.32. The van der Waals surface area contributed by atoms with Crippen LogP contribution in [0.5, 0.6) is 0 Å². The first-order valence-electron chi connectivity index (χ1n) is 6.07. The monoisotopic (exact) mass is 238 g/mol. The summed E-state index contributed by atoms with van der Waals surface area (Å²) >= 11 is 0. The van der Waals surface area contributed by atoms with Crippen LogP contribution in [0.25, 0.3) is 0 Å². The van der Waals surface area contributed by atoms with Crippen molar-refractivity contribution >= 4 is 5.69 Å². The fourth-order valence-electron chi connectivity index (χ4n) is 2.29. The number of hydrogen-bond donors (Lipinski definition) is 2. The van der Waals surface area contributed by atoms with E-state index in [1.165, 1.54) is 6.07 Å². The summed E-state index contributed by atoms with van der Waals surface area (Å²) in [7, 11) is 0. The average molecular weight is 238 g/mol. The van der Waals surface area contributed by atoms with Gasteiger partial charge in [-0.2, -0.15) is 0 Å². The van der Waals surface area contributed by atoms with Gasteiger partial charge in [0, 0.05) is 37.5 Å². The van der Waals surface area contributed by atoms with E-state index in [-0.39, 0.29) is 18.5 Å². The number of aliphatic hydroxyl groups excluding tert-OH is 1. The lowest BCUT2D eigenvalue weighted by Gasteiger charge is -2.40. The molecule has 1 heterocycles. The maximum absolute atomic E-state index is 13.2. The van der Waals surface area contributed by atoms with Crippen molar-refractivity contribution in [1.82, 2.24) is 5.32 Å². The molecule has 0 radical (unpaired) electrons. The number of nitrogens with zero attached hydrogens (tertiary/aromatic N) is 1. The van der Waals surface area contributed by atoms with Crippen molar-refractivity contribution in [1.29, 1.82) is 0 Å². The minimum Gasteiger partial charge on any atom is -0.396 e. The van der Waals surface area contributed by atoms with E-state index >= 15 is 0 Å². The van der Waals surface area contributed by atoms with E-state index in [0.717, 1.165) is 25.2 Å². The molecule has 4 heteroatoms. The van der Waals surface area contributed by atoms with Crippen molar-refractivity contribution in [2.24, 2.45) is 0 Å². The number of anilines is 1. The number of rotatable bonds is 3. The quantitative estimate of drug-likeness (QED) is 0.835. The van der Waals surface area contributed by atoms with Gasteiger partial charge in [-0.3, -0.25) is 0 Å². The van der Waals surface area contributed by atoms with Gasteiger partial charge in [0.2, 0.25) is 0 Å². The molecule has 0 spiro atoms. The van der Waals surface area contributed by atoms with E-state index in [1.54, 1.807) is 12.1 Å². The minimum atomic E-state index is -0.202. The molecule has 2 N–H and O–H groups in total. The second kappa shape index (κ2) is 5.47. The van der Waals surface area contributed by atoms with E-state index < -0.39 is 0 Å².